The number of aromatic nitrogens is 2. The Labute approximate surface area is 122 Å². The Bertz CT molecular complexity index is 395. The number of aryl methyl sites for hydroxylation is 1. The first kappa shape index (κ1) is 16.7. The molecule has 20 heavy (non-hydrogen) atoms. The summed E-state index contributed by atoms with van der Waals surface area (Å²) < 4.78 is 5.62. The first-order valence-corrected chi connectivity index (χ1v) is 7.53. The molecule has 0 saturated heterocycles. The molecule has 5 nitrogen and oxygen atoms in total. The number of likely N-dealkylation sites (N-methyl/N-ethyl adjacent to an activating group) is 1. The van der Waals surface area contributed by atoms with Gasteiger partial charge in [-0.1, -0.05) is 20.8 Å². The van der Waals surface area contributed by atoms with Gasteiger partial charge in [-0.2, -0.15) is 4.98 Å². The minimum Gasteiger partial charge on any atom is -0.478 e. The predicted molar refractivity (Wildman–Crippen MR) is 83.6 cm³/mol. The zero-order chi connectivity index (χ0) is 15.0. The van der Waals surface area contributed by atoms with E-state index in [1.165, 1.54) is 0 Å². The predicted octanol–water partition coefficient (Wildman–Crippen LogP) is 2.40. The number of anilines is 1. The zero-order valence-electron chi connectivity index (χ0n) is 13.4. The lowest BCUT2D eigenvalue weighted by atomic mass is 10.4. The van der Waals surface area contributed by atoms with Crippen LogP contribution in [0.4, 0.5) is 5.95 Å². The van der Waals surface area contributed by atoms with Crippen molar-refractivity contribution >= 4 is 5.95 Å². The van der Waals surface area contributed by atoms with Crippen molar-refractivity contribution < 1.29 is 4.74 Å². The van der Waals surface area contributed by atoms with Gasteiger partial charge in [0.05, 0.1) is 6.61 Å². The van der Waals surface area contributed by atoms with Crippen LogP contribution in [0.25, 0.3) is 0 Å². The first-order chi connectivity index (χ1) is 9.56. The molecule has 0 spiro atoms. The number of hydrogen-bond acceptors (Lipinski definition) is 5. The van der Waals surface area contributed by atoms with Crippen molar-refractivity contribution in [2.24, 2.45) is 0 Å². The van der Waals surface area contributed by atoms with E-state index in [0.717, 1.165) is 37.7 Å². The van der Waals surface area contributed by atoms with Gasteiger partial charge in [0.1, 0.15) is 0 Å². The van der Waals surface area contributed by atoms with Gasteiger partial charge < -0.3 is 15.0 Å². The van der Waals surface area contributed by atoms with Crippen LogP contribution in [0.15, 0.2) is 6.07 Å². The van der Waals surface area contributed by atoms with E-state index in [-0.39, 0.29) is 0 Å². The summed E-state index contributed by atoms with van der Waals surface area (Å²) in [5, 5.41) is 3.42. The van der Waals surface area contributed by atoms with Crippen LogP contribution in [0.2, 0.25) is 0 Å². The third-order valence-corrected chi connectivity index (χ3v) is 2.87. The Morgan fingerprint density at radius 1 is 1.30 bits per heavy atom. The highest BCUT2D eigenvalue weighted by Crippen LogP contribution is 2.15. The molecule has 0 amide bonds. The number of nitrogens with zero attached hydrogens (tertiary/aromatic N) is 3. The first-order valence-electron chi connectivity index (χ1n) is 7.53. The van der Waals surface area contributed by atoms with E-state index >= 15 is 0 Å². The molecule has 1 N–H and O–H groups in total. The lowest BCUT2D eigenvalue weighted by Crippen LogP contribution is -2.35. The summed E-state index contributed by atoms with van der Waals surface area (Å²) in [4.78, 5) is 11.2. The molecule has 0 aliphatic heterocycles. The van der Waals surface area contributed by atoms with Crippen molar-refractivity contribution in [2.75, 3.05) is 31.1 Å². The monoisotopic (exact) mass is 280 g/mol. The standard InChI is InChI=1S/C15H28N4O/c1-6-10-20-14-11-13(5)17-15(18-14)19(7-2)9-8-16-12(3)4/h11-12,16H,6-10H2,1-5H3. The van der Waals surface area contributed by atoms with Crippen LogP contribution in [0.5, 0.6) is 5.88 Å². The summed E-state index contributed by atoms with van der Waals surface area (Å²) in [6, 6.07) is 2.38. The molecular formula is C15H28N4O. The molecule has 0 fully saturated rings. The average molecular weight is 280 g/mol. The van der Waals surface area contributed by atoms with E-state index in [1.54, 1.807) is 0 Å². The lowest BCUT2D eigenvalue weighted by Gasteiger charge is -2.22. The van der Waals surface area contributed by atoms with Crippen molar-refractivity contribution in [1.82, 2.24) is 15.3 Å². The zero-order valence-corrected chi connectivity index (χ0v) is 13.4. The smallest absolute Gasteiger partial charge is 0.228 e. The second-order valence-electron chi connectivity index (χ2n) is 5.18. The van der Waals surface area contributed by atoms with E-state index in [4.69, 9.17) is 4.74 Å². The molecule has 1 rings (SSSR count). The summed E-state index contributed by atoms with van der Waals surface area (Å²) in [5.41, 5.74) is 0.941. The Kier molecular flexibility index (Phi) is 7.30. The second-order valence-corrected chi connectivity index (χ2v) is 5.18. The maximum absolute atomic E-state index is 5.62. The summed E-state index contributed by atoms with van der Waals surface area (Å²) in [6.07, 6.45) is 0.980. The van der Waals surface area contributed by atoms with E-state index in [1.807, 2.05) is 13.0 Å². The summed E-state index contributed by atoms with van der Waals surface area (Å²) in [5.74, 6) is 1.42. The number of ether oxygens (including phenoxy) is 1. The Hall–Kier alpha value is -1.36. The molecule has 0 aliphatic rings. The minimum absolute atomic E-state index is 0.496. The highest BCUT2D eigenvalue weighted by atomic mass is 16.5. The van der Waals surface area contributed by atoms with Gasteiger partial charge in [-0.15, -0.1) is 0 Å². The van der Waals surface area contributed by atoms with Gasteiger partial charge in [-0.05, 0) is 20.3 Å². The van der Waals surface area contributed by atoms with E-state index in [2.05, 4.69) is 47.9 Å². The Balaban J connectivity index is 2.72. The normalized spacial score (nSPS) is 10.9. The van der Waals surface area contributed by atoms with Crippen LogP contribution >= 0.6 is 0 Å². The second kappa shape index (κ2) is 8.74. The minimum atomic E-state index is 0.496. The van der Waals surface area contributed by atoms with Crippen molar-refractivity contribution in [1.29, 1.82) is 0 Å². The van der Waals surface area contributed by atoms with Gasteiger partial charge in [0, 0.05) is 37.4 Å². The van der Waals surface area contributed by atoms with Gasteiger partial charge in [-0.3, -0.25) is 0 Å². The quantitative estimate of drug-likeness (QED) is 0.752. The largest absolute Gasteiger partial charge is 0.478 e. The van der Waals surface area contributed by atoms with Crippen molar-refractivity contribution in [3.05, 3.63) is 11.8 Å². The molecule has 0 unspecified atom stereocenters. The third kappa shape index (κ3) is 5.74. The maximum Gasteiger partial charge on any atom is 0.228 e. The van der Waals surface area contributed by atoms with E-state index in [9.17, 15) is 0 Å². The molecule has 0 saturated carbocycles. The van der Waals surface area contributed by atoms with Crippen LogP contribution in [0, 0.1) is 6.92 Å². The average Bonchev–Trinajstić information content (AvgIpc) is 2.40. The molecule has 0 aliphatic carbocycles. The molecule has 0 aromatic carbocycles. The molecule has 1 heterocycles. The fraction of sp³-hybridized carbons (Fsp3) is 0.733. The Morgan fingerprint density at radius 2 is 2.05 bits per heavy atom. The third-order valence-electron chi connectivity index (χ3n) is 2.87. The number of nitrogens with one attached hydrogen (secondary N) is 1. The van der Waals surface area contributed by atoms with Crippen LogP contribution < -0.4 is 15.0 Å². The fourth-order valence-electron chi connectivity index (χ4n) is 1.83. The van der Waals surface area contributed by atoms with Crippen LogP contribution in [-0.2, 0) is 0 Å². The van der Waals surface area contributed by atoms with Gasteiger partial charge in [0.15, 0.2) is 0 Å². The lowest BCUT2D eigenvalue weighted by molar-refractivity contribution is 0.304. The topological polar surface area (TPSA) is 50.3 Å². The Morgan fingerprint density at radius 3 is 2.65 bits per heavy atom. The SMILES string of the molecule is CCCOc1cc(C)nc(N(CC)CCNC(C)C)n1. The van der Waals surface area contributed by atoms with Gasteiger partial charge in [-0.25, -0.2) is 4.98 Å². The fourth-order valence-corrected chi connectivity index (χ4v) is 1.83. The molecule has 1 aromatic heterocycles. The summed E-state index contributed by atoms with van der Waals surface area (Å²) in [7, 11) is 0. The van der Waals surface area contributed by atoms with Crippen LogP contribution in [0.1, 0.15) is 39.8 Å². The molecule has 0 atom stereocenters. The van der Waals surface area contributed by atoms with Crippen molar-refractivity contribution in [2.45, 2.75) is 47.1 Å². The molecule has 0 radical (unpaired) electrons. The highest BCUT2D eigenvalue weighted by Gasteiger charge is 2.10. The van der Waals surface area contributed by atoms with Gasteiger partial charge in [0.25, 0.3) is 0 Å². The number of rotatable bonds is 9. The molecular weight excluding hydrogens is 252 g/mol. The molecule has 114 valence electrons. The van der Waals surface area contributed by atoms with Crippen molar-refractivity contribution in [3.8, 4) is 5.88 Å². The molecule has 1 aromatic rings. The maximum atomic E-state index is 5.62. The van der Waals surface area contributed by atoms with Crippen LogP contribution in [-0.4, -0.2) is 42.3 Å². The molecule has 5 heteroatoms. The van der Waals surface area contributed by atoms with E-state index in [0.29, 0.717) is 18.5 Å². The van der Waals surface area contributed by atoms with Crippen LogP contribution in [0.3, 0.4) is 0 Å². The summed E-state index contributed by atoms with van der Waals surface area (Å²) in [6.45, 7) is 13.9. The summed E-state index contributed by atoms with van der Waals surface area (Å²) >= 11 is 0. The van der Waals surface area contributed by atoms with Gasteiger partial charge >= 0.3 is 0 Å². The van der Waals surface area contributed by atoms with Gasteiger partial charge in [0.2, 0.25) is 11.8 Å². The number of hydrogen-bond donors (Lipinski definition) is 1. The van der Waals surface area contributed by atoms with E-state index < -0.39 is 0 Å². The highest BCUT2D eigenvalue weighted by molar-refractivity contribution is 5.34. The molecule has 0 bridgehead atoms. The van der Waals surface area contributed by atoms with Crippen molar-refractivity contribution in [3.63, 3.8) is 0 Å².